The summed E-state index contributed by atoms with van der Waals surface area (Å²) in [7, 11) is 0. The van der Waals surface area contributed by atoms with Crippen molar-refractivity contribution in [2.24, 2.45) is 0 Å². The van der Waals surface area contributed by atoms with Crippen LogP contribution in [0.2, 0.25) is 0 Å². The molecule has 0 aliphatic carbocycles. The van der Waals surface area contributed by atoms with Crippen molar-refractivity contribution >= 4 is 5.97 Å². The zero-order chi connectivity index (χ0) is 13.3. The Morgan fingerprint density at radius 1 is 1.12 bits per heavy atom. The molecule has 0 spiro atoms. The molecule has 0 bridgehead atoms. The standard InChI is InChI=1S/C11H22O6/c1-4-15-11(16-5-2)6-9(13)10(14)7-17-8(3)12/h9-11,13-14H,4-7H2,1-3H3/t9-,10+/m0/s1. The highest BCUT2D eigenvalue weighted by molar-refractivity contribution is 5.65. The van der Waals surface area contributed by atoms with Crippen LogP contribution in [0.4, 0.5) is 0 Å². The maximum atomic E-state index is 10.5. The number of hydrogen-bond acceptors (Lipinski definition) is 6. The third-order valence-electron chi connectivity index (χ3n) is 2.04. The number of rotatable bonds is 9. The Morgan fingerprint density at radius 2 is 1.65 bits per heavy atom. The van der Waals surface area contributed by atoms with Crippen molar-refractivity contribution in [2.45, 2.75) is 45.7 Å². The summed E-state index contributed by atoms with van der Waals surface area (Å²) in [5.41, 5.74) is 0. The Labute approximate surface area is 101 Å². The van der Waals surface area contributed by atoms with E-state index in [0.717, 1.165) is 0 Å². The molecule has 0 unspecified atom stereocenters. The first-order chi connectivity index (χ1) is 8.01. The maximum Gasteiger partial charge on any atom is 0.302 e. The van der Waals surface area contributed by atoms with Gasteiger partial charge in [0.15, 0.2) is 6.29 Å². The Balaban J connectivity index is 4.00. The summed E-state index contributed by atoms with van der Waals surface area (Å²) >= 11 is 0. The average molecular weight is 250 g/mol. The molecule has 102 valence electrons. The van der Waals surface area contributed by atoms with Crippen LogP contribution < -0.4 is 0 Å². The molecule has 17 heavy (non-hydrogen) atoms. The number of ether oxygens (including phenoxy) is 3. The predicted octanol–water partition coefficient (Wildman–Crippen LogP) is 0.0605. The van der Waals surface area contributed by atoms with Gasteiger partial charge in [0, 0.05) is 26.6 Å². The summed E-state index contributed by atoms with van der Waals surface area (Å²) < 4.78 is 15.1. The molecule has 0 radical (unpaired) electrons. The second-order valence-corrected chi connectivity index (χ2v) is 3.51. The van der Waals surface area contributed by atoms with Gasteiger partial charge in [-0.2, -0.15) is 0 Å². The first kappa shape index (κ1) is 16.3. The second-order valence-electron chi connectivity index (χ2n) is 3.51. The van der Waals surface area contributed by atoms with Gasteiger partial charge in [-0.15, -0.1) is 0 Å². The number of carbonyl (C=O) groups excluding carboxylic acids is 1. The fourth-order valence-electron chi connectivity index (χ4n) is 1.22. The number of hydrogen-bond donors (Lipinski definition) is 2. The summed E-state index contributed by atoms with van der Waals surface area (Å²) in [6, 6.07) is 0. The van der Waals surface area contributed by atoms with E-state index in [9.17, 15) is 15.0 Å². The molecule has 0 fully saturated rings. The molecule has 0 saturated carbocycles. The Kier molecular flexibility index (Phi) is 8.97. The van der Waals surface area contributed by atoms with Crippen LogP contribution in [0, 0.1) is 0 Å². The van der Waals surface area contributed by atoms with Crippen LogP contribution in [-0.4, -0.2) is 54.5 Å². The fourth-order valence-corrected chi connectivity index (χ4v) is 1.22. The summed E-state index contributed by atoms with van der Waals surface area (Å²) in [6.07, 6.45) is -2.63. The zero-order valence-corrected chi connectivity index (χ0v) is 10.6. The molecule has 0 aliphatic heterocycles. The van der Waals surface area contributed by atoms with E-state index in [1.54, 1.807) is 0 Å². The summed E-state index contributed by atoms with van der Waals surface area (Å²) in [4.78, 5) is 10.5. The van der Waals surface area contributed by atoms with E-state index in [2.05, 4.69) is 4.74 Å². The highest BCUT2D eigenvalue weighted by Crippen LogP contribution is 2.09. The average Bonchev–Trinajstić information content (AvgIpc) is 2.26. The number of carbonyl (C=O) groups is 1. The Morgan fingerprint density at radius 3 is 2.06 bits per heavy atom. The molecular formula is C11H22O6. The van der Waals surface area contributed by atoms with Crippen molar-refractivity contribution in [1.82, 2.24) is 0 Å². The molecule has 0 aromatic heterocycles. The zero-order valence-electron chi connectivity index (χ0n) is 10.6. The lowest BCUT2D eigenvalue weighted by Gasteiger charge is -2.23. The fraction of sp³-hybridized carbons (Fsp3) is 0.909. The highest BCUT2D eigenvalue weighted by atomic mass is 16.7. The van der Waals surface area contributed by atoms with E-state index in [1.165, 1.54) is 6.92 Å². The van der Waals surface area contributed by atoms with Gasteiger partial charge >= 0.3 is 5.97 Å². The number of aliphatic hydroxyl groups excluding tert-OH is 2. The van der Waals surface area contributed by atoms with Crippen molar-refractivity contribution in [3.05, 3.63) is 0 Å². The third-order valence-corrected chi connectivity index (χ3v) is 2.04. The minimum Gasteiger partial charge on any atom is -0.463 e. The molecule has 0 aliphatic rings. The van der Waals surface area contributed by atoms with Gasteiger partial charge in [0.2, 0.25) is 0 Å². The van der Waals surface area contributed by atoms with Gasteiger partial charge in [0.25, 0.3) is 0 Å². The van der Waals surface area contributed by atoms with Gasteiger partial charge in [-0.1, -0.05) is 0 Å². The van der Waals surface area contributed by atoms with E-state index >= 15 is 0 Å². The van der Waals surface area contributed by atoms with E-state index in [1.807, 2.05) is 13.8 Å². The van der Waals surface area contributed by atoms with Gasteiger partial charge in [-0.05, 0) is 13.8 Å². The van der Waals surface area contributed by atoms with Gasteiger partial charge < -0.3 is 24.4 Å². The van der Waals surface area contributed by atoms with Crippen LogP contribution in [0.5, 0.6) is 0 Å². The number of esters is 1. The topological polar surface area (TPSA) is 85.2 Å². The predicted molar refractivity (Wildman–Crippen MR) is 60.3 cm³/mol. The highest BCUT2D eigenvalue weighted by Gasteiger charge is 2.22. The smallest absolute Gasteiger partial charge is 0.302 e. The quantitative estimate of drug-likeness (QED) is 0.444. The van der Waals surface area contributed by atoms with Crippen LogP contribution in [0.3, 0.4) is 0 Å². The lowest BCUT2D eigenvalue weighted by atomic mass is 10.1. The van der Waals surface area contributed by atoms with Crippen LogP contribution in [0.25, 0.3) is 0 Å². The van der Waals surface area contributed by atoms with Gasteiger partial charge in [-0.25, -0.2) is 0 Å². The van der Waals surface area contributed by atoms with Gasteiger partial charge in [0.05, 0.1) is 6.10 Å². The van der Waals surface area contributed by atoms with Crippen molar-refractivity contribution in [2.75, 3.05) is 19.8 Å². The van der Waals surface area contributed by atoms with Gasteiger partial charge in [0.1, 0.15) is 12.7 Å². The molecule has 2 N–H and O–H groups in total. The van der Waals surface area contributed by atoms with Crippen molar-refractivity contribution < 1.29 is 29.2 Å². The molecule has 0 aromatic carbocycles. The summed E-state index contributed by atoms with van der Waals surface area (Å²) in [5, 5.41) is 19.2. The summed E-state index contributed by atoms with van der Waals surface area (Å²) in [5.74, 6) is -0.498. The minimum atomic E-state index is -1.14. The van der Waals surface area contributed by atoms with Crippen molar-refractivity contribution in [3.63, 3.8) is 0 Å². The molecule has 0 aromatic rings. The molecule has 6 nitrogen and oxygen atoms in total. The lowest BCUT2D eigenvalue weighted by Crippen LogP contribution is -2.35. The molecule has 0 heterocycles. The maximum absolute atomic E-state index is 10.5. The number of aliphatic hydroxyl groups is 2. The second kappa shape index (κ2) is 9.35. The lowest BCUT2D eigenvalue weighted by molar-refractivity contribution is -0.167. The Hall–Kier alpha value is -0.690. The van der Waals surface area contributed by atoms with E-state index in [4.69, 9.17) is 9.47 Å². The third kappa shape index (κ3) is 8.09. The molecule has 6 heteroatoms. The largest absolute Gasteiger partial charge is 0.463 e. The molecule has 2 atom stereocenters. The molecule has 0 amide bonds. The van der Waals surface area contributed by atoms with E-state index in [-0.39, 0.29) is 13.0 Å². The Bertz CT molecular complexity index is 202. The van der Waals surface area contributed by atoms with Crippen molar-refractivity contribution in [1.29, 1.82) is 0 Å². The van der Waals surface area contributed by atoms with Crippen LogP contribution in [0.15, 0.2) is 0 Å². The SMILES string of the molecule is CCOC(C[C@H](O)[C@H](O)COC(C)=O)OCC. The van der Waals surface area contributed by atoms with E-state index < -0.39 is 24.5 Å². The van der Waals surface area contributed by atoms with Crippen LogP contribution >= 0.6 is 0 Å². The van der Waals surface area contributed by atoms with Gasteiger partial charge in [-0.3, -0.25) is 4.79 Å². The normalized spacial score (nSPS) is 14.7. The first-order valence-corrected chi connectivity index (χ1v) is 5.73. The summed E-state index contributed by atoms with van der Waals surface area (Å²) in [6.45, 7) is 5.54. The van der Waals surface area contributed by atoms with E-state index in [0.29, 0.717) is 13.2 Å². The first-order valence-electron chi connectivity index (χ1n) is 5.73. The monoisotopic (exact) mass is 250 g/mol. The molecular weight excluding hydrogens is 228 g/mol. The van der Waals surface area contributed by atoms with Crippen LogP contribution in [0.1, 0.15) is 27.2 Å². The molecule has 0 saturated heterocycles. The van der Waals surface area contributed by atoms with Crippen LogP contribution in [-0.2, 0) is 19.0 Å². The van der Waals surface area contributed by atoms with Crippen molar-refractivity contribution in [3.8, 4) is 0 Å². The minimum absolute atomic E-state index is 0.129. The molecule has 0 rings (SSSR count).